The molecule has 0 spiro atoms. The number of nitrogens with one attached hydrogen (secondary N) is 1. The van der Waals surface area contributed by atoms with Gasteiger partial charge in [-0.1, -0.05) is 18.2 Å². The van der Waals surface area contributed by atoms with Crippen molar-refractivity contribution in [3.05, 3.63) is 65.9 Å². The maximum atomic E-state index is 12.7. The Bertz CT molecular complexity index is 1330. The molecule has 4 N–H and O–H groups in total. The molecule has 0 bridgehead atoms. The molecule has 8 nitrogen and oxygen atoms in total. The number of aromatic nitrogens is 2. The number of carbonyl (C=O) groups excluding carboxylic acids is 1. The highest BCUT2D eigenvalue weighted by Crippen LogP contribution is 2.42. The lowest BCUT2D eigenvalue weighted by atomic mass is 9.73. The number of anilines is 2. The molecule has 4 rings (SSSR count). The number of aromatic hydroxyl groups is 1. The molecule has 1 aliphatic carbocycles. The maximum absolute atomic E-state index is 12.7. The predicted octanol–water partition coefficient (Wildman–Crippen LogP) is 4.80. The van der Waals surface area contributed by atoms with E-state index >= 15 is 0 Å². The van der Waals surface area contributed by atoms with E-state index in [4.69, 9.17) is 5.73 Å². The summed E-state index contributed by atoms with van der Waals surface area (Å²) in [5.74, 6) is -2.89. The molecule has 11 heteroatoms. The Morgan fingerprint density at radius 1 is 1.24 bits per heavy atom. The fourth-order valence-corrected chi connectivity index (χ4v) is 5.46. The average Bonchev–Trinajstić information content (AvgIpc) is 3.31. The monoisotopic (exact) mass is 527 g/mol. The third-order valence-electron chi connectivity index (χ3n) is 6.92. The van der Waals surface area contributed by atoms with Gasteiger partial charge >= 0.3 is 5.76 Å². The van der Waals surface area contributed by atoms with Crippen LogP contribution in [-0.4, -0.2) is 30.8 Å². The Morgan fingerprint density at radius 3 is 2.51 bits per heavy atom. The summed E-state index contributed by atoms with van der Waals surface area (Å²) in [5, 5.41) is 27.3. The van der Waals surface area contributed by atoms with E-state index < -0.39 is 28.0 Å². The Labute approximate surface area is 215 Å². The molecule has 1 atom stereocenters. The SMILES string of the molecule is N#CCC1(n2cc(C(N)=O)c(Nc3ccc(S(=O)C(F)F)cc3)n2)CCC(Cc2ccccc2O)CC1. The fourth-order valence-electron chi connectivity index (χ4n) is 4.85. The van der Waals surface area contributed by atoms with Crippen LogP contribution in [-0.2, 0) is 22.8 Å². The number of nitrogens with two attached hydrogens (primary N) is 1. The quantitative estimate of drug-likeness (QED) is 0.366. The first-order valence-electron chi connectivity index (χ1n) is 11.8. The highest BCUT2D eigenvalue weighted by atomic mass is 32.2. The smallest absolute Gasteiger partial charge is 0.316 e. The molecule has 2 aromatic carbocycles. The van der Waals surface area contributed by atoms with Crippen molar-refractivity contribution in [1.29, 1.82) is 5.26 Å². The third kappa shape index (κ3) is 5.80. The van der Waals surface area contributed by atoms with Crippen molar-refractivity contribution in [2.24, 2.45) is 11.7 Å². The zero-order valence-corrected chi connectivity index (χ0v) is 20.8. The molecule has 1 heterocycles. The topological polar surface area (TPSA) is 134 Å². The summed E-state index contributed by atoms with van der Waals surface area (Å²) in [6.07, 6.45) is 5.43. The van der Waals surface area contributed by atoms with Crippen LogP contribution in [0.2, 0.25) is 0 Å². The van der Waals surface area contributed by atoms with E-state index in [0.717, 1.165) is 24.8 Å². The summed E-state index contributed by atoms with van der Waals surface area (Å²) >= 11 is 0. The van der Waals surface area contributed by atoms with Gasteiger partial charge in [-0.15, -0.1) is 0 Å². The average molecular weight is 528 g/mol. The number of rotatable bonds is 9. The van der Waals surface area contributed by atoms with Crippen LogP contribution in [0.4, 0.5) is 20.3 Å². The van der Waals surface area contributed by atoms with Crippen LogP contribution in [0.5, 0.6) is 5.75 Å². The number of benzene rings is 2. The first-order valence-corrected chi connectivity index (χ1v) is 13.0. The van der Waals surface area contributed by atoms with Gasteiger partial charge in [-0.05, 0) is 73.9 Å². The first kappa shape index (κ1) is 26.3. The van der Waals surface area contributed by atoms with E-state index in [-0.39, 0.29) is 28.4 Å². The number of nitrogens with zero attached hydrogens (tertiary/aromatic N) is 3. The number of nitriles is 1. The van der Waals surface area contributed by atoms with Gasteiger partial charge in [0.25, 0.3) is 5.91 Å². The second-order valence-corrected chi connectivity index (χ2v) is 10.7. The number of para-hydroxylation sites is 1. The van der Waals surface area contributed by atoms with E-state index in [1.54, 1.807) is 23.0 Å². The Kier molecular flexibility index (Phi) is 7.88. The van der Waals surface area contributed by atoms with Gasteiger partial charge in [-0.3, -0.25) is 9.48 Å². The number of alkyl halides is 2. The van der Waals surface area contributed by atoms with Gasteiger partial charge in [0.05, 0.1) is 18.0 Å². The van der Waals surface area contributed by atoms with Crippen LogP contribution in [0.3, 0.4) is 0 Å². The molecule has 3 aromatic rings. The molecule has 1 aromatic heterocycles. The van der Waals surface area contributed by atoms with Gasteiger partial charge in [0.2, 0.25) is 0 Å². The van der Waals surface area contributed by atoms with Crippen molar-refractivity contribution in [2.75, 3.05) is 5.32 Å². The van der Waals surface area contributed by atoms with Crippen molar-refractivity contribution in [2.45, 2.75) is 54.7 Å². The van der Waals surface area contributed by atoms with E-state index in [9.17, 15) is 28.2 Å². The van der Waals surface area contributed by atoms with Crippen LogP contribution in [0.1, 0.15) is 48.0 Å². The first-order chi connectivity index (χ1) is 17.7. The minimum Gasteiger partial charge on any atom is -0.508 e. The van der Waals surface area contributed by atoms with Crippen molar-refractivity contribution in [3.63, 3.8) is 0 Å². The molecular formula is C26H27F2N5O3S. The van der Waals surface area contributed by atoms with E-state index in [0.29, 0.717) is 24.4 Å². The molecule has 0 aliphatic heterocycles. The van der Waals surface area contributed by atoms with Gasteiger partial charge in [0.15, 0.2) is 5.82 Å². The summed E-state index contributed by atoms with van der Waals surface area (Å²) in [7, 11) is -2.43. The lowest BCUT2D eigenvalue weighted by molar-refractivity contribution is 0.1000. The Hall–Kier alpha value is -3.78. The molecular weight excluding hydrogens is 500 g/mol. The largest absolute Gasteiger partial charge is 0.508 e. The Morgan fingerprint density at radius 2 is 1.92 bits per heavy atom. The summed E-state index contributed by atoms with van der Waals surface area (Å²) in [6.45, 7) is 0. The van der Waals surface area contributed by atoms with Crippen LogP contribution >= 0.6 is 0 Å². The second-order valence-electron chi connectivity index (χ2n) is 9.24. The molecule has 1 saturated carbocycles. The van der Waals surface area contributed by atoms with E-state index in [2.05, 4.69) is 16.5 Å². The van der Waals surface area contributed by atoms with E-state index in [1.165, 1.54) is 24.3 Å². The van der Waals surface area contributed by atoms with E-state index in [1.807, 2.05) is 12.1 Å². The second kappa shape index (κ2) is 11.1. The van der Waals surface area contributed by atoms with Crippen LogP contribution in [0.25, 0.3) is 0 Å². The molecule has 1 aliphatic rings. The molecule has 1 amide bonds. The normalized spacial score (nSPS) is 20.3. The number of phenolic OH excluding ortho intramolecular Hbond substituents is 1. The van der Waals surface area contributed by atoms with Crippen LogP contribution in [0.15, 0.2) is 59.6 Å². The third-order valence-corrected chi connectivity index (χ3v) is 7.98. The van der Waals surface area contributed by atoms with Crippen molar-refractivity contribution >= 4 is 28.2 Å². The number of amides is 1. The minimum atomic E-state index is -2.99. The van der Waals surface area contributed by atoms with Gasteiger partial charge in [0.1, 0.15) is 22.1 Å². The summed E-state index contributed by atoms with van der Waals surface area (Å²) in [6, 6.07) is 15.1. The zero-order valence-electron chi connectivity index (χ0n) is 19.9. The summed E-state index contributed by atoms with van der Waals surface area (Å²) < 4.78 is 38.7. The molecule has 1 unspecified atom stereocenters. The standard InChI is InChI=1S/C26H27F2N5O3S/c27-25(28)37(36)20-7-5-19(6-8-20)31-24-21(23(30)35)16-33(32-24)26(13-14-29)11-9-17(10-12-26)15-18-3-1-2-4-22(18)34/h1-8,16-17,25,34H,9-13,15H2,(H2,30,35)(H,31,32). The summed E-state index contributed by atoms with van der Waals surface area (Å²) in [5.41, 5.74) is 6.46. The molecule has 194 valence electrons. The van der Waals surface area contributed by atoms with Crippen molar-refractivity contribution in [1.82, 2.24) is 9.78 Å². The fraction of sp³-hybridized carbons (Fsp3) is 0.346. The van der Waals surface area contributed by atoms with Crippen molar-refractivity contribution in [3.8, 4) is 11.8 Å². The Balaban J connectivity index is 1.54. The highest BCUT2D eigenvalue weighted by molar-refractivity contribution is 7.85. The lowest BCUT2D eigenvalue weighted by Crippen LogP contribution is -2.38. The molecule has 0 saturated heterocycles. The van der Waals surface area contributed by atoms with Crippen molar-refractivity contribution < 1.29 is 22.9 Å². The number of phenols is 1. The number of carbonyl (C=O) groups is 1. The number of primary amides is 1. The highest BCUT2D eigenvalue weighted by Gasteiger charge is 2.39. The summed E-state index contributed by atoms with van der Waals surface area (Å²) in [4.78, 5) is 12.2. The van der Waals surface area contributed by atoms with Crippen LogP contribution in [0, 0.1) is 17.2 Å². The number of hydrogen-bond donors (Lipinski definition) is 3. The molecule has 0 radical (unpaired) electrons. The maximum Gasteiger partial charge on any atom is 0.316 e. The predicted molar refractivity (Wildman–Crippen MR) is 135 cm³/mol. The zero-order chi connectivity index (χ0) is 26.6. The number of halogens is 2. The molecule has 1 fully saturated rings. The van der Waals surface area contributed by atoms with Gasteiger partial charge in [-0.25, -0.2) is 4.21 Å². The lowest BCUT2D eigenvalue weighted by Gasteiger charge is -2.39. The number of hydrogen-bond acceptors (Lipinski definition) is 6. The van der Waals surface area contributed by atoms with Gasteiger partial charge in [-0.2, -0.15) is 19.1 Å². The minimum absolute atomic E-state index is 0.0187. The molecule has 37 heavy (non-hydrogen) atoms. The van der Waals surface area contributed by atoms with Crippen LogP contribution < -0.4 is 11.1 Å². The van der Waals surface area contributed by atoms with Gasteiger partial charge < -0.3 is 16.2 Å². The van der Waals surface area contributed by atoms with Gasteiger partial charge in [0, 0.05) is 16.8 Å².